The first-order valence-electron chi connectivity index (χ1n) is 7.46. The second-order valence-electron chi connectivity index (χ2n) is 5.53. The van der Waals surface area contributed by atoms with Gasteiger partial charge in [-0.05, 0) is 12.5 Å². The molecular formula is C15H14N6O2S. The highest BCUT2D eigenvalue weighted by atomic mass is 32.1. The van der Waals surface area contributed by atoms with Gasteiger partial charge in [-0.3, -0.25) is 19.1 Å². The molecule has 8 nitrogen and oxygen atoms in total. The number of nitrogens with zero attached hydrogens (tertiary/aromatic N) is 4. The van der Waals surface area contributed by atoms with Gasteiger partial charge in [0.15, 0.2) is 0 Å². The number of hydrogen-bond donors (Lipinski definition) is 2. The van der Waals surface area contributed by atoms with Crippen LogP contribution in [0.4, 0.5) is 5.69 Å². The van der Waals surface area contributed by atoms with Crippen molar-refractivity contribution in [2.75, 3.05) is 5.73 Å². The smallest absolute Gasteiger partial charge is 0.277 e. The normalized spacial score (nSPS) is 16.2. The Hall–Kier alpha value is -2.81. The number of carbonyl (C=O) groups excluding carboxylic acids is 1. The van der Waals surface area contributed by atoms with Crippen LogP contribution in [0.2, 0.25) is 0 Å². The number of amides is 1. The number of nitrogens with two attached hydrogens (primary N) is 1. The van der Waals surface area contributed by atoms with Crippen molar-refractivity contribution >= 4 is 33.1 Å². The van der Waals surface area contributed by atoms with Crippen LogP contribution in [0.25, 0.3) is 10.2 Å². The minimum absolute atomic E-state index is 0.0529. The number of aryl methyl sites for hydroxylation is 1. The molecule has 0 saturated carbocycles. The van der Waals surface area contributed by atoms with Gasteiger partial charge >= 0.3 is 0 Å². The topological polar surface area (TPSA) is 116 Å². The Balaban J connectivity index is 1.52. The van der Waals surface area contributed by atoms with E-state index >= 15 is 0 Å². The average Bonchev–Trinajstić information content (AvgIpc) is 3.20. The maximum atomic E-state index is 12.5. The molecule has 3 aromatic heterocycles. The van der Waals surface area contributed by atoms with Crippen molar-refractivity contribution in [3.63, 3.8) is 0 Å². The number of anilines is 1. The van der Waals surface area contributed by atoms with E-state index in [2.05, 4.69) is 20.3 Å². The zero-order valence-corrected chi connectivity index (χ0v) is 13.4. The van der Waals surface area contributed by atoms with E-state index in [1.54, 1.807) is 12.4 Å². The number of fused-ring (bicyclic) bond motifs is 2. The summed E-state index contributed by atoms with van der Waals surface area (Å²) in [5.74, 6) is 0.376. The van der Waals surface area contributed by atoms with Gasteiger partial charge in [0.1, 0.15) is 22.6 Å². The Labute approximate surface area is 140 Å². The lowest BCUT2D eigenvalue weighted by Gasteiger charge is -2.13. The van der Waals surface area contributed by atoms with Crippen LogP contribution in [-0.2, 0) is 17.8 Å². The van der Waals surface area contributed by atoms with Crippen molar-refractivity contribution in [1.82, 2.24) is 24.8 Å². The predicted molar refractivity (Wildman–Crippen MR) is 89.5 cm³/mol. The fourth-order valence-corrected chi connectivity index (χ4v) is 3.73. The first-order chi connectivity index (χ1) is 11.6. The molecule has 0 spiro atoms. The van der Waals surface area contributed by atoms with E-state index in [-0.39, 0.29) is 17.2 Å². The third kappa shape index (κ3) is 2.42. The average molecular weight is 342 g/mol. The monoisotopic (exact) mass is 342 g/mol. The highest BCUT2D eigenvalue weighted by Gasteiger charge is 2.30. The second kappa shape index (κ2) is 5.68. The Kier molecular flexibility index (Phi) is 3.49. The van der Waals surface area contributed by atoms with Crippen molar-refractivity contribution in [2.24, 2.45) is 0 Å². The summed E-state index contributed by atoms with van der Waals surface area (Å²) < 4.78 is 2.37. The largest absolute Gasteiger partial charge is 0.393 e. The molecule has 4 rings (SSSR count). The summed E-state index contributed by atoms with van der Waals surface area (Å²) in [7, 11) is 0. The standard InChI is InChI=1S/C15H14N6O2S/c16-8-5-18-12-2-1-10(21(12)15(8)23)14(22)19-7-13-20-9-3-4-17-6-11(9)24-13/h3-6,10H,1-2,7,16H2,(H,19,22)/t10-/m0/s1. The number of rotatable bonds is 3. The lowest BCUT2D eigenvalue weighted by molar-refractivity contribution is -0.124. The first kappa shape index (κ1) is 14.8. The molecule has 0 unspecified atom stereocenters. The van der Waals surface area contributed by atoms with Crippen molar-refractivity contribution < 1.29 is 4.79 Å². The molecular weight excluding hydrogens is 328 g/mol. The Morgan fingerprint density at radius 3 is 3.17 bits per heavy atom. The maximum absolute atomic E-state index is 12.5. The summed E-state index contributed by atoms with van der Waals surface area (Å²) in [6, 6.07) is 1.26. The third-order valence-corrected chi connectivity index (χ3v) is 5.01. The van der Waals surface area contributed by atoms with Gasteiger partial charge in [0.2, 0.25) is 5.91 Å². The SMILES string of the molecule is Nc1cnc2n(c1=O)[C@H](C(=O)NCc1nc3ccncc3s1)CC2. The van der Waals surface area contributed by atoms with E-state index < -0.39 is 6.04 Å². The summed E-state index contributed by atoms with van der Waals surface area (Å²) in [6.07, 6.45) is 5.91. The van der Waals surface area contributed by atoms with Gasteiger partial charge in [-0.25, -0.2) is 9.97 Å². The van der Waals surface area contributed by atoms with Crippen LogP contribution >= 0.6 is 11.3 Å². The summed E-state index contributed by atoms with van der Waals surface area (Å²) >= 11 is 1.48. The van der Waals surface area contributed by atoms with Crippen molar-refractivity contribution in [2.45, 2.75) is 25.4 Å². The lowest BCUT2D eigenvalue weighted by atomic mass is 10.2. The Morgan fingerprint density at radius 2 is 2.33 bits per heavy atom. The molecule has 3 N–H and O–H groups in total. The van der Waals surface area contributed by atoms with E-state index in [1.807, 2.05) is 6.07 Å². The van der Waals surface area contributed by atoms with Crippen LogP contribution in [0.15, 0.2) is 29.5 Å². The van der Waals surface area contributed by atoms with E-state index in [1.165, 1.54) is 22.1 Å². The van der Waals surface area contributed by atoms with Crippen molar-refractivity contribution in [1.29, 1.82) is 0 Å². The molecule has 4 heterocycles. The molecule has 0 bridgehead atoms. The van der Waals surface area contributed by atoms with Gasteiger partial charge in [-0.15, -0.1) is 11.3 Å². The molecule has 3 aromatic rings. The molecule has 0 fully saturated rings. The number of aromatic nitrogens is 4. The Morgan fingerprint density at radius 1 is 1.46 bits per heavy atom. The van der Waals surface area contributed by atoms with Crippen LogP contribution in [0.5, 0.6) is 0 Å². The number of nitrogens with one attached hydrogen (secondary N) is 1. The zero-order chi connectivity index (χ0) is 16.7. The number of nitrogen functional groups attached to an aromatic ring is 1. The van der Waals surface area contributed by atoms with E-state index in [0.717, 1.165) is 15.2 Å². The van der Waals surface area contributed by atoms with Gasteiger partial charge in [-0.1, -0.05) is 0 Å². The summed E-state index contributed by atoms with van der Waals surface area (Å²) in [5, 5.41) is 3.64. The van der Waals surface area contributed by atoms with Crippen LogP contribution in [-0.4, -0.2) is 25.4 Å². The molecule has 1 aliphatic heterocycles. The van der Waals surface area contributed by atoms with Crippen LogP contribution in [0.3, 0.4) is 0 Å². The fourth-order valence-electron chi connectivity index (χ4n) is 2.85. The molecule has 1 atom stereocenters. The quantitative estimate of drug-likeness (QED) is 0.721. The molecule has 9 heteroatoms. The third-order valence-electron chi connectivity index (χ3n) is 4.00. The fraction of sp³-hybridized carbons (Fsp3) is 0.267. The minimum atomic E-state index is -0.570. The van der Waals surface area contributed by atoms with Gasteiger partial charge < -0.3 is 11.1 Å². The zero-order valence-electron chi connectivity index (χ0n) is 12.6. The lowest BCUT2D eigenvalue weighted by Crippen LogP contribution is -2.36. The van der Waals surface area contributed by atoms with E-state index in [0.29, 0.717) is 25.2 Å². The molecule has 1 amide bonds. The first-order valence-corrected chi connectivity index (χ1v) is 8.28. The minimum Gasteiger partial charge on any atom is -0.393 e. The van der Waals surface area contributed by atoms with Crippen molar-refractivity contribution in [3.8, 4) is 0 Å². The number of carbonyl (C=O) groups is 1. The number of thiazole rings is 1. The van der Waals surface area contributed by atoms with Crippen molar-refractivity contribution in [3.05, 3.63) is 45.8 Å². The molecule has 0 aromatic carbocycles. The second-order valence-corrected chi connectivity index (χ2v) is 6.64. The summed E-state index contributed by atoms with van der Waals surface area (Å²) in [6.45, 7) is 0.314. The molecule has 1 aliphatic rings. The van der Waals surface area contributed by atoms with Crippen LogP contribution in [0, 0.1) is 0 Å². The molecule has 0 aliphatic carbocycles. The molecule has 0 radical (unpaired) electrons. The van der Waals surface area contributed by atoms with Crippen LogP contribution in [0.1, 0.15) is 23.3 Å². The van der Waals surface area contributed by atoms with Gasteiger partial charge in [0.05, 0.1) is 23.0 Å². The number of pyridine rings is 1. The molecule has 24 heavy (non-hydrogen) atoms. The maximum Gasteiger partial charge on any atom is 0.277 e. The number of hydrogen-bond acceptors (Lipinski definition) is 7. The highest BCUT2D eigenvalue weighted by Crippen LogP contribution is 2.24. The van der Waals surface area contributed by atoms with Gasteiger partial charge in [0, 0.05) is 18.8 Å². The van der Waals surface area contributed by atoms with Crippen LogP contribution < -0.4 is 16.6 Å². The molecule has 122 valence electrons. The van der Waals surface area contributed by atoms with E-state index in [4.69, 9.17) is 5.73 Å². The summed E-state index contributed by atoms with van der Waals surface area (Å²) in [4.78, 5) is 37.3. The summed E-state index contributed by atoms with van der Waals surface area (Å²) in [5.41, 5.74) is 6.18. The van der Waals surface area contributed by atoms with Gasteiger partial charge in [0.25, 0.3) is 5.56 Å². The van der Waals surface area contributed by atoms with Gasteiger partial charge in [-0.2, -0.15) is 0 Å². The highest BCUT2D eigenvalue weighted by molar-refractivity contribution is 7.18. The predicted octanol–water partition coefficient (Wildman–Crippen LogP) is 0.634. The van der Waals surface area contributed by atoms with E-state index in [9.17, 15) is 9.59 Å². The Bertz CT molecular complexity index is 962. The molecule has 0 saturated heterocycles.